The van der Waals surface area contributed by atoms with Gasteiger partial charge in [0.1, 0.15) is 17.4 Å². The number of halogens is 1. The number of carbonyl (C=O) groups is 2. The number of nitrogens with zero attached hydrogens (tertiary/aromatic N) is 1. The summed E-state index contributed by atoms with van der Waals surface area (Å²) < 4.78 is 19.8. The van der Waals surface area contributed by atoms with E-state index in [9.17, 15) is 14.0 Å². The molecule has 34 heavy (non-hydrogen) atoms. The van der Waals surface area contributed by atoms with E-state index in [1.54, 1.807) is 43.6 Å². The second-order valence-electron chi connectivity index (χ2n) is 8.76. The number of ketones is 1. The number of hydrogen-bond donors (Lipinski definition) is 2. The molecule has 3 aromatic rings. The summed E-state index contributed by atoms with van der Waals surface area (Å²) in [4.78, 5) is 31.2. The number of aryl methyl sites for hydroxylation is 1. The molecule has 1 aliphatic carbocycles. The van der Waals surface area contributed by atoms with Crippen LogP contribution in [0.15, 0.2) is 87.9 Å². The molecule has 0 saturated carbocycles. The highest BCUT2D eigenvalue weighted by molar-refractivity contribution is 6.09. The summed E-state index contributed by atoms with van der Waals surface area (Å²) in [5.41, 5.74) is 3.76. The van der Waals surface area contributed by atoms with Gasteiger partial charge in [0.2, 0.25) is 0 Å². The number of dihydropyridines is 1. The van der Waals surface area contributed by atoms with E-state index in [2.05, 4.69) is 15.6 Å². The monoisotopic (exact) mass is 457 g/mol. The van der Waals surface area contributed by atoms with Crippen molar-refractivity contribution in [1.29, 1.82) is 0 Å². The van der Waals surface area contributed by atoms with E-state index in [4.69, 9.17) is 4.42 Å². The Morgan fingerprint density at radius 3 is 2.71 bits per heavy atom. The molecule has 2 aromatic heterocycles. The first-order chi connectivity index (χ1) is 16.4. The van der Waals surface area contributed by atoms with Crippen LogP contribution >= 0.6 is 0 Å². The quantitative estimate of drug-likeness (QED) is 0.568. The highest BCUT2D eigenvalue weighted by Gasteiger charge is 2.41. The molecule has 1 aliphatic heterocycles. The maximum Gasteiger partial charge on any atom is 0.255 e. The van der Waals surface area contributed by atoms with Crippen molar-refractivity contribution in [1.82, 2.24) is 10.3 Å². The lowest BCUT2D eigenvalue weighted by atomic mass is 9.72. The maximum absolute atomic E-state index is 14.2. The lowest BCUT2D eigenvalue weighted by Crippen LogP contribution is -2.37. The molecular formula is C27H24FN3O3. The lowest BCUT2D eigenvalue weighted by molar-refractivity contribution is -0.116. The Hall–Kier alpha value is -4.00. The van der Waals surface area contributed by atoms with E-state index in [1.807, 2.05) is 19.1 Å². The second-order valence-corrected chi connectivity index (χ2v) is 8.76. The number of amides is 1. The molecule has 2 aliphatic rings. The average Bonchev–Trinajstić information content (AvgIpc) is 3.34. The predicted molar refractivity (Wildman–Crippen MR) is 125 cm³/mol. The number of nitrogens with one attached hydrogen (secondary N) is 2. The van der Waals surface area contributed by atoms with Gasteiger partial charge in [-0.05, 0) is 61.7 Å². The third kappa shape index (κ3) is 4.05. The minimum Gasteiger partial charge on any atom is -0.469 e. The number of furan rings is 1. The first-order valence-corrected chi connectivity index (χ1v) is 11.2. The number of hydrogen-bond acceptors (Lipinski definition) is 5. The molecule has 1 amide bonds. The number of pyridine rings is 1. The highest BCUT2D eigenvalue weighted by atomic mass is 19.1. The molecule has 2 atom stereocenters. The summed E-state index contributed by atoms with van der Waals surface area (Å²) >= 11 is 0. The molecule has 0 unspecified atom stereocenters. The zero-order valence-corrected chi connectivity index (χ0v) is 18.9. The van der Waals surface area contributed by atoms with E-state index in [0.29, 0.717) is 34.6 Å². The molecule has 5 rings (SSSR count). The van der Waals surface area contributed by atoms with Crippen molar-refractivity contribution < 1.29 is 18.4 Å². The average molecular weight is 458 g/mol. The highest BCUT2D eigenvalue weighted by Crippen LogP contribution is 2.45. The van der Waals surface area contributed by atoms with E-state index in [0.717, 1.165) is 17.0 Å². The van der Waals surface area contributed by atoms with Crippen molar-refractivity contribution in [2.24, 2.45) is 0 Å². The number of carbonyl (C=O) groups excluding carboxylic acids is 2. The Labute approximate surface area is 196 Å². The molecule has 3 heterocycles. The summed E-state index contributed by atoms with van der Waals surface area (Å²) in [6.07, 6.45) is 4.08. The topological polar surface area (TPSA) is 84.2 Å². The summed E-state index contributed by atoms with van der Waals surface area (Å²) in [6.45, 7) is 3.71. The zero-order valence-electron chi connectivity index (χ0n) is 18.9. The minimum atomic E-state index is -0.692. The Balaban J connectivity index is 1.56. The maximum atomic E-state index is 14.2. The SMILES string of the molecule is CC1=C(C(=O)Nc2ccc(C)cn2)[C@H](c2cccc(F)c2)C2=C(C[C@@H](c3ccco3)CC2=O)N1. The zero-order chi connectivity index (χ0) is 23.8. The largest absolute Gasteiger partial charge is 0.469 e. The van der Waals surface area contributed by atoms with Crippen LogP contribution in [0.5, 0.6) is 0 Å². The molecule has 172 valence electrons. The summed E-state index contributed by atoms with van der Waals surface area (Å²) in [5, 5.41) is 6.14. The molecule has 0 saturated heterocycles. The van der Waals surface area contributed by atoms with Gasteiger partial charge in [0, 0.05) is 47.0 Å². The van der Waals surface area contributed by atoms with Gasteiger partial charge in [-0.1, -0.05) is 18.2 Å². The number of aromatic nitrogens is 1. The molecule has 0 radical (unpaired) electrons. The molecular weight excluding hydrogens is 433 g/mol. The number of anilines is 1. The Morgan fingerprint density at radius 2 is 2.00 bits per heavy atom. The summed E-state index contributed by atoms with van der Waals surface area (Å²) in [7, 11) is 0. The van der Waals surface area contributed by atoms with Crippen molar-refractivity contribution in [2.45, 2.75) is 38.5 Å². The van der Waals surface area contributed by atoms with Gasteiger partial charge in [0.15, 0.2) is 5.78 Å². The van der Waals surface area contributed by atoms with Gasteiger partial charge < -0.3 is 15.1 Å². The summed E-state index contributed by atoms with van der Waals surface area (Å²) in [6, 6.07) is 13.3. The van der Waals surface area contributed by atoms with Crippen LogP contribution in [-0.4, -0.2) is 16.7 Å². The standard InChI is InChI=1S/C27H24FN3O3/c1-15-8-9-23(29-14-15)31-27(33)24-16(2)30-20-12-18(22-7-4-10-34-22)13-21(32)26(20)25(24)17-5-3-6-19(28)11-17/h3-11,14,18,25,30H,12-13H2,1-2H3,(H,29,31,33)/t18-,25+/m1/s1. The minimum absolute atomic E-state index is 0.0873. The van der Waals surface area contributed by atoms with Crippen LogP contribution in [-0.2, 0) is 9.59 Å². The fourth-order valence-electron chi connectivity index (χ4n) is 4.81. The molecule has 0 spiro atoms. The van der Waals surface area contributed by atoms with Gasteiger partial charge in [-0.15, -0.1) is 0 Å². The Kier molecular flexibility index (Phi) is 5.61. The fourth-order valence-corrected chi connectivity index (χ4v) is 4.81. The van der Waals surface area contributed by atoms with Crippen LogP contribution in [0.1, 0.15) is 48.5 Å². The fraction of sp³-hybridized carbons (Fsp3) is 0.222. The van der Waals surface area contributed by atoms with Crippen LogP contribution in [0.4, 0.5) is 10.2 Å². The van der Waals surface area contributed by atoms with Crippen molar-refractivity contribution in [3.63, 3.8) is 0 Å². The van der Waals surface area contributed by atoms with Gasteiger partial charge in [-0.2, -0.15) is 0 Å². The van der Waals surface area contributed by atoms with Gasteiger partial charge >= 0.3 is 0 Å². The van der Waals surface area contributed by atoms with Crippen molar-refractivity contribution in [2.75, 3.05) is 5.32 Å². The third-order valence-electron chi connectivity index (χ3n) is 6.35. The van der Waals surface area contributed by atoms with Gasteiger partial charge in [0.25, 0.3) is 5.91 Å². The Bertz CT molecular complexity index is 1320. The van der Waals surface area contributed by atoms with Crippen LogP contribution < -0.4 is 10.6 Å². The molecule has 7 heteroatoms. The van der Waals surface area contributed by atoms with Crippen molar-refractivity contribution in [3.05, 3.63) is 106 Å². The molecule has 2 N–H and O–H groups in total. The van der Waals surface area contributed by atoms with Crippen LogP contribution in [0.3, 0.4) is 0 Å². The number of rotatable bonds is 4. The smallest absolute Gasteiger partial charge is 0.255 e. The van der Waals surface area contributed by atoms with E-state index < -0.39 is 11.7 Å². The van der Waals surface area contributed by atoms with E-state index in [-0.39, 0.29) is 24.0 Å². The van der Waals surface area contributed by atoms with Gasteiger partial charge in [0.05, 0.1) is 6.26 Å². The van der Waals surface area contributed by atoms with Crippen LogP contribution in [0, 0.1) is 12.7 Å². The molecule has 1 aromatic carbocycles. The van der Waals surface area contributed by atoms with Crippen LogP contribution in [0.2, 0.25) is 0 Å². The molecule has 0 fully saturated rings. The predicted octanol–water partition coefficient (Wildman–Crippen LogP) is 5.12. The van der Waals surface area contributed by atoms with Crippen molar-refractivity contribution in [3.8, 4) is 0 Å². The van der Waals surface area contributed by atoms with Crippen LogP contribution in [0.25, 0.3) is 0 Å². The molecule has 6 nitrogen and oxygen atoms in total. The van der Waals surface area contributed by atoms with E-state index >= 15 is 0 Å². The number of allylic oxidation sites excluding steroid dienone is 3. The first kappa shape index (κ1) is 21.8. The van der Waals surface area contributed by atoms with Gasteiger partial charge in [-0.3, -0.25) is 9.59 Å². The molecule has 0 bridgehead atoms. The first-order valence-electron chi connectivity index (χ1n) is 11.2. The lowest BCUT2D eigenvalue weighted by Gasteiger charge is -2.36. The third-order valence-corrected chi connectivity index (χ3v) is 6.35. The summed E-state index contributed by atoms with van der Waals surface area (Å²) in [5.74, 6) is -0.531. The van der Waals surface area contributed by atoms with Crippen molar-refractivity contribution >= 4 is 17.5 Å². The van der Waals surface area contributed by atoms with E-state index in [1.165, 1.54) is 12.1 Å². The number of Topliss-reactive ketones (excluding diaryl/α,β-unsaturated/α-hetero) is 1. The number of benzene rings is 1. The van der Waals surface area contributed by atoms with Gasteiger partial charge in [-0.25, -0.2) is 9.37 Å². The second kappa shape index (κ2) is 8.74. The Morgan fingerprint density at radius 1 is 1.15 bits per heavy atom. The normalized spacial score (nSPS) is 20.1.